The fraction of sp³-hybridized carbons (Fsp3) is 0.400. The Bertz CT molecular complexity index is 909. The van der Waals surface area contributed by atoms with E-state index in [0.717, 1.165) is 37.4 Å². The minimum absolute atomic E-state index is 0.110. The summed E-state index contributed by atoms with van der Waals surface area (Å²) in [6, 6.07) is 14.4. The number of amides is 1. The predicted molar refractivity (Wildman–Crippen MR) is 119 cm³/mol. The molecular weight excluding hydrogens is 395 g/mol. The molecule has 1 amide bonds. The van der Waals surface area contributed by atoms with Crippen molar-refractivity contribution in [3.05, 3.63) is 78.1 Å². The standard InChI is InChI=1S/C25H29FN2O3/c1-3-12-25(21-6-8-22(26)9-7-21)13-14-28(24(29)31-25)19(2)20-4-10-23(11-5-20)27-15-17-30-18-16-27/h3-11,19H,1,12-18H2,2H3/t19-,25+/m0/s1. The summed E-state index contributed by atoms with van der Waals surface area (Å²) in [7, 11) is 0. The molecule has 2 heterocycles. The van der Waals surface area contributed by atoms with Gasteiger partial charge in [0.15, 0.2) is 0 Å². The number of cyclic esters (lactones) is 1. The number of benzene rings is 2. The summed E-state index contributed by atoms with van der Waals surface area (Å²) in [5.41, 5.74) is 2.22. The van der Waals surface area contributed by atoms with E-state index < -0.39 is 5.60 Å². The van der Waals surface area contributed by atoms with Crippen molar-refractivity contribution in [1.82, 2.24) is 4.90 Å². The number of halogens is 1. The molecule has 0 spiro atoms. The second-order valence-corrected chi connectivity index (χ2v) is 8.17. The molecule has 0 saturated carbocycles. The third-order valence-corrected chi connectivity index (χ3v) is 6.34. The number of ether oxygens (including phenoxy) is 2. The van der Waals surface area contributed by atoms with Gasteiger partial charge < -0.3 is 19.3 Å². The third kappa shape index (κ3) is 4.44. The molecule has 2 atom stereocenters. The second-order valence-electron chi connectivity index (χ2n) is 8.17. The smallest absolute Gasteiger partial charge is 0.411 e. The average molecular weight is 425 g/mol. The van der Waals surface area contributed by atoms with Crippen LogP contribution >= 0.6 is 0 Å². The average Bonchev–Trinajstić information content (AvgIpc) is 2.80. The van der Waals surface area contributed by atoms with Crippen LogP contribution in [0.25, 0.3) is 0 Å². The molecule has 2 aromatic carbocycles. The van der Waals surface area contributed by atoms with Gasteiger partial charge in [0.1, 0.15) is 11.4 Å². The molecule has 2 fully saturated rings. The van der Waals surface area contributed by atoms with Gasteiger partial charge in [-0.05, 0) is 42.3 Å². The Kier molecular flexibility index (Phi) is 6.28. The minimum Gasteiger partial charge on any atom is -0.437 e. The van der Waals surface area contributed by atoms with Crippen LogP contribution in [0.3, 0.4) is 0 Å². The van der Waals surface area contributed by atoms with Crippen molar-refractivity contribution in [2.75, 3.05) is 37.7 Å². The molecule has 0 N–H and O–H groups in total. The molecule has 0 aliphatic carbocycles. The molecule has 2 aromatic rings. The quantitative estimate of drug-likeness (QED) is 0.610. The van der Waals surface area contributed by atoms with Crippen molar-refractivity contribution < 1.29 is 18.7 Å². The number of hydrogen-bond acceptors (Lipinski definition) is 4. The van der Waals surface area contributed by atoms with E-state index in [1.165, 1.54) is 17.8 Å². The molecule has 2 aliphatic heterocycles. The van der Waals surface area contributed by atoms with E-state index in [-0.39, 0.29) is 18.0 Å². The monoisotopic (exact) mass is 424 g/mol. The Morgan fingerprint density at radius 2 is 1.77 bits per heavy atom. The summed E-state index contributed by atoms with van der Waals surface area (Å²) in [6.45, 7) is 9.67. The normalized spacial score (nSPS) is 22.7. The zero-order chi connectivity index (χ0) is 21.8. The number of anilines is 1. The van der Waals surface area contributed by atoms with E-state index in [2.05, 4.69) is 35.7 Å². The number of rotatable bonds is 6. The van der Waals surface area contributed by atoms with Crippen LogP contribution in [0, 0.1) is 5.82 Å². The molecule has 5 nitrogen and oxygen atoms in total. The van der Waals surface area contributed by atoms with Gasteiger partial charge in [-0.1, -0.05) is 30.3 Å². The highest BCUT2D eigenvalue weighted by Crippen LogP contribution is 2.40. The van der Waals surface area contributed by atoms with Gasteiger partial charge in [0.05, 0.1) is 19.3 Å². The SMILES string of the molecule is C=CC[C@]1(c2ccc(F)cc2)CCN([C@@H](C)c2ccc(N3CCOCC3)cc2)C(=O)O1. The summed E-state index contributed by atoms with van der Waals surface area (Å²) in [4.78, 5) is 17.1. The fourth-order valence-electron chi connectivity index (χ4n) is 4.44. The van der Waals surface area contributed by atoms with Gasteiger partial charge in [0, 0.05) is 38.2 Å². The van der Waals surface area contributed by atoms with Gasteiger partial charge in [0.25, 0.3) is 0 Å². The van der Waals surface area contributed by atoms with Crippen LogP contribution in [-0.2, 0) is 15.1 Å². The molecule has 2 aliphatic rings. The first-order valence-electron chi connectivity index (χ1n) is 10.8. The first kappa shape index (κ1) is 21.4. The maximum atomic E-state index is 13.4. The zero-order valence-corrected chi connectivity index (χ0v) is 17.9. The molecule has 0 bridgehead atoms. The lowest BCUT2D eigenvalue weighted by atomic mass is 9.85. The summed E-state index contributed by atoms with van der Waals surface area (Å²) < 4.78 is 24.8. The number of nitrogens with zero attached hydrogens (tertiary/aromatic N) is 2. The van der Waals surface area contributed by atoms with Crippen LogP contribution < -0.4 is 4.90 Å². The Labute approximate surface area is 183 Å². The van der Waals surface area contributed by atoms with Crippen molar-refractivity contribution in [2.24, 2.45) is 0 Å². The minimum atomic E-state index is -0.803. The van der Waals surface area contributed by atoms with Gasteiger partial charge in [-0.25, -0.2) is 9.18 Å². The van der Waals surface area contributed by atoms with Gasteiger partial charge >= 0.3 is 6.09 Å². The van der Waals surface area contributed by atoms with E-state index in [1.54, 1.807) is 23.1 Å². The Balaban J connectivity index is 1.48. The van der Waals surface area contributed by atoms with Crippen molar-refractivity contribution in [1.29, 1.82) is 0 Å². The molecule has 0 radical (unpaired) electrons. The molecule has 6 heteroatoms. The second kappa shape index (κ2) is 9.10. The maximum Gasteiger partial charge on any atom is 0.411 e. The summed E-state index contributed by atoms with van der Waals surface area (Å²) in [6.07, 6.45) is 2.50. The van der Waals surface area contributed by atoms with Crippen molar-refractivity contribution in [3.8, 4) is 0 Å². The van der Waals surface area contributed by atoms with Crippen molar-refractivity contribution >= 4 is 11.8 Å². The van der Waals surface area contributed by atoms with Crippen LogP contribution in [0.2, 0.25) is 0 Å². The van der Waals surface area contributed by atoms with Gasteiger partial charge in [-0.2, -0.15) is 0 Å². The zero-order valence-electron chi connectivity index (χ0n) is 17.9. The fourth-order valence-corrected chi connectivity index (χ4v) is 4.44. The van der Waals surface area contributed by atoms with E-state index in [4.69, 9.17) is 9.47 Å². The van der Waals surface area contributed by atoms with Gasteiger partial charge in [-0.3, -0.25) is 0 Å². The number of morpholine rings is 1. The van der Waals surface area contributed by atoms with Gasteiger partial charge in [0.2, 0.25) is 0 Å². The summed E-state index contributed by atoms with van der Waals surface area (Å²) in [5, 5.41) is 0. The molecule has 0 unspecified atom stereocenters. The topological polar surface area (TPSA) is 42.0 Å². The van der Waals surface area contributed by atoms with Crippen molar-refractivity contribution in [2.45, 2.75) is 31.4 Å². The predicted octanol–water partition coefficient (Wildman–Crippen LogP) is 5.04. The van der Waals surface area contributed by atoms with Crippen LogP contribution in [0.4, 0.5) is 14.9 Å². The molecule has 164 valence electrons. The first-order valence-corrected chi connectivity index (χ1v) is 10.8. The van der Waals surface area contributed by atoms with E-state index in [0.29, 0.717) is 19.4 Å². The largest absolute Gasteiger partial charge is 0.437 e. The van der Waals surface area contributed by atoms with Crippen LogP contribution in [-0.4, -0.2) is 43.8 Å². The highest BCUT2D eigenvalue weighted by molar-refractivity contribution is 5.70. The van der Waals surface area contributed by atoms with Crippen molar-refractivity contribution in [3.63, 3.8) is 0 Å². The van der Waals surface area contributed by atoms with E-state index in [1.807, 2.05) is 6.92 Å². The lowest BCUT2D eigenvalue weighted by Crippen LogP contribution is -2.48. The molecule has 4 rings (SSSR count). The van der Waals surface area contributed by atoms with E-state index >= 15 is 0 Å². The number of hydrogen-bond donors (Lipinski definition) is 0. The molecule has 2 saturated heterocycles. The third-order valence-electron chi connectivity index (χ3n) is 6.34. The number of carbonyl (C=O) groups is 1. The number of carbonyl (C=O) groups excluding carboxylic acids is 1. The molecular formula is C25H29FN2O3. The van der Waals surface area contributed by atoms with Crippen LogP contribution in [0.15, 0.2) is 61.2 Å². The van der Waals surface area contributed by atoms with Gasteiger partial charge in [-0.15, -0.1) is 6.58 Å². The summed E-state index contributed by atoms with van der Waals surface area (Å²) in [5.74, 6) is -0.310. The van der Waals surface area contributed by atoms with Crippen LogP contribution in [0.5, 0.6) is 0 Å². The molecule has 0 aromatic heterocycles. The lowest BCUT2D eigenvalue weighted by Gasteiger charge is -2.43. The first-order chi connectivity index (χ1) is 15.0. The Morgan fingerprint density at radius 3 is 2.39 bits per heavy atom. The van der Waals surface area contributed by atoms with Crippen LogP contribution in [0.1, 0.15) is 36.9 Å². The highest BCUT2D eigenvalue weighted by atomic mass is 19.1. The maximum absolute atomic E-state index is 13.4. The van der Waals surface area contributed by atoms with E-state index in [9.17, 15) is 9.18 Å². The summed E-state index contributed by atoms with van der Waals surface area (Å²) >= 11 is 0. The Morgan fingerprint density at radius 1 is 1.10 bits per heavy atom. The molecule has 31 heavy (non-hydrogen) atoms. The Hall–Kier alpha value is -2.86. The highest BCUT2D eigenvalue weighted by Gasteiger charge is 2.42. The lowest BCUT2D eigenvalue weighted by molar-refractivity contribution is -0.0588.